The molecule has 0 aliphatic carbocycles. The molecule has 0 saturated carbocycles. The van der Waals surface area contributed by atoms with E-state index in [0.29, 0.717) is 27.4 Å². The molecule has 1 saturated heterocycles. The molecule has 1 N–H and O–H groups in total. The first-order valence-corrected chi connectivity index (χ1v) is 12.6. The number of likely N-dealkylation sites (N-methyl/N-ethyl adjacent to an activating group) is 1. The highest BCUT2D eigenvalue weighted by molar-refractivity contribution is 6.42. The average Bonchev–Trinajstić information content (AvgIpc) is 2.85. The van der Waals surface area contributed by atoms with Crippen molar-refractivity contribution in [3.63, 3.8) is 0 Å². The second-order valence-corrected chi connectivity index (χ2v) is 9.98. The Labute approximate surface area is 221 Å². The predicted octanol–water partition coefficient (Wildman–Crippen LogP) is 5.76. The third-order valence-electron chi connectivity index (χ3n) is 6.04. The molecule has 0 unspecified atom stereocenters. The van der Waals surface area contributed by atoms with E-state index in [-0.39, 0.29) is 12.5 Å². The molecule has 0 aromatic heterocycles. The Balaban J connectivity index is 1.47. The molecule has 3 aromatic rings. The molecular formula is C27H28Cl3N3O2. The van der Waals surface area contributed by atoms with Crippen LogP contribution in [0.2, 0.25) is 15.1 Å². The van der Waals surface area contributed by atoms with E-state index in [1.807, 2.05) is 42.5 Å². The summed E-state index contributed by atoms with van der Waals surface area (Å²) in [6.45, 7) is 5.07. The molecule has 1 fully saturated rings. The number of amides is 1. The van der Waals surface area contributed by atoms with E-state index in [1.54, 1.807) is 12.1 Å². The molecule has 184 valence electrons. The summed E-state index contributed by atoms with van der Waals surface area (Å²) in [4.78, 5) is 17.2. The minimum atomic E-state index is -0.191. The maximum Gasteiger partial charge on any atom is 0.258 e. The normalized spacial score (nSPS) is 14.6. The Morgan fingerprint density at radius 1 is 0.914 bits per heavy atom. The van der Waals surface area contributed by atoms with Crippen molar-refractivity contribution >= 4 is 40.7 Å². The fraction of sp³-hybridized carbons (Fsp3) is 0.296. The summed E-state index contributed by atoms with van der Waals surface area (Å²) >= 11 is 18.4. The summed E-state index contributed by atoms with van der Waals surface area (Å²) in [6, 6.07) is 19.0. The van der Waals surface area contributed by atoms with Crippen molar-refractivity contribution in [3.8, 4) is 16.9 Å². The Morgan fingerprint density at radius 3 is 2.40 bits per heavy atom. The van der Waals surface area contributed by atoms with Crippen LogP contribution in [0.5, 0.6) is 5.75 Å². The predicted molar refractivity (Wildman–Crippen MR) is 143 cm³/mol. The van der Waals surface area contributed by atoms with Crippen LogP contribution in [0.4, 0.5) is 0 Å². The van der Waals surface area contributed by atoms with Crippen LogP contribution >= 0.6 is 34.8 Å². The molecule has 1 amide bonds. The largest absolute Gasteiger partial charge is 0.483 e. The molecular weight excluding hydrogens is 505 g/mol. The zero-order valence-corrected chi connectivity index (χ0v) is 21.8. The topological polar surface area (TPSA) is 44.8 Å². The molecule has 1 aliphatic heterocycles. The molecule has 35 heavy (non-hydrogen) atoms. The molecule has 5 nitrogen and oxygen atoms in total. The lowest BCUT2D eigenvalue weighted by molar-refractivity contribution is -0.123. The van der Waals surface area contributed by atoms with Crippen molar-refractivity contribution < 1.29 is 9.53 Å². The van der Waals surface area contributed by atoms with Gasteiger partial charge in [0.05, 0.1) is 10.0 Å². The van der Waals surface area contributed by atoms with E-state index in [2.05, 4.69) is 28.2 Å². The first kappa shape index (κ1) is 25.8. The minimum Gasteiger partial charge on any atom is -0.483 e. The Kier molecular flexibility index (Phi) is 8.93. The summed E-state index contributed by atoms with van der Waals surface area (Å²) in [5.74, 6) is 0.509. The van der Waals surface area contributed by atoms with Crippen LogP contribution in [-0.4, -0.2) is 55.5 Å². The van der Waals surface area contributed by atoms with Gasteiger partial charge in [0.1, 0.15) is 5.75 Å². The number of benzene rings is 3. The first-order chi connectivity index (χ1) is 16.9. The highest BCUT2D eigenvalue weighted by Gasteiger charge is 2.17. The van der Waals surface area contributed by atoms with Gasteiger partial charge >= 0.3 is 0 Å². The summed E-state index contributed by atoms with van der Waals surface area (Å²) < 4.78 is 5.99. The van der Waals surface area contributed by atoms with E-state index >= 15 is 0 Å². The van der Waals surface area contributed by atoms with Crippen LogP contribution in [-0.2, 0) is 17.9 Å². The number of ether oxygens (including phenoxy) is 1. The minimum absolute atomic E-state index is 0.0670. The summed E-state index contributed by atoms with van der Waals surface area (Å²) in [5, 5.41) is 4.57. The molecule has 0 spiro atoms. The van der Waals surface area contributed by atoms with Gasteiger partial charge in [-0.25, -0.2) is 0 Å². The van der Waals surface area contributed by atoms with Gasteiger partial charge in [0, 0.05) is 49.9 Å². The number of halogens is 3. The quantitative estimate of drug-likeness (QED) is 0.401. The Bertz CT molecular complexity index is 1180. The van der Waals surface area contributed by atoms with E-state index < -0.39 is 0 Å². The molecule has 0 bridgehead atoms. The Morgan fingerprint density at radius 2 is 1.66 bits per heavy atom. The van der Waals surface area contributed by atoms with E-state index in [9.17, 15) is 4.79 Å². The second-order valence-electron chi connectivity index (χ2n) is 8.73. The number of carbonyl (C=O) groups is 1. The lowest BCUT2D eigenvalue weighted by Crippen LogP contribution is -2.43. The fourth-order valence-corrected chi connectivity index (χ4v) is 4.50. The van der Waals surface area contributed by atoms with Crippen molar-refractivity contribution in [3.05, 3.63) is 86.9 Å². The highest BCUT2D eigenvalue weighted by Crippen LogP contribution is 2.32. The van der Waals surface area contributed by atoms with E-state index in [1.165, 1.54) is 0 Å². The summed E-state index contributed by atoms with van der Waals surface area (Å²) in [5.41, 5.74) is 3.96. The van der Waals surface area contributed by atoms with Crippen molar-refractivity contribution in [2.75, 3.05) is 39.8 Å². The van der Waals surface area contributed by atoms with Gasteiger partial charge in [0.15, 0.2) is 6.61 Å². The number of nitrogens with one attached hydrogen (secondary N) is 1. The first-order valence-electron chi connectivity index (χ1n) is 11.5. The van der Waals surface area contributed by atoms with Crippen LogP contribution < -0.4 is 10.1 Å². The number of piperazine rings is 1. The number of carbonyl (C=O) groups excluding carboxylic acids is 1. The number of hydrogen-bond acceptors (Lipinski definition) is 4. The highest BCUT2D eigenvalue weighted by atomic mass is 35.5. The van der Waals surface area contributed by atoms with Crippen LogP contribution in [0, 0.1) is 0 Å². The van der Waals surface area contributed by atoms with Crippen LogP contribution in [0.15, 0.2) is 60.7 Å². The van der Waals surface area contributed by atoms with Crippen molar-refractivity contribution in [2.24, 2.45) is 0 Å². The van der Waals surface area contributed by atoms with Gasteiger partial charge in [-0.15, -0.1) is 0 Å². The maximum absolute atomic E-state index is 12.5. The number of hydrogen-bond donors (Lipinski definition) is 1. The van der Waals surface area contributed by atoms with Gasteiger partial charge in [-0.1, -0.05) is 59.1 Å². The lowest BCUT2D eigenvalue weighted by Gasteiger charge is -2.32. The molecule has 3 aromatic carbocycles. The smallest absolute Gasteiger partial charge is 0.258 e. The number of rotatable bonds is 8. The molecule has 8 heteroatoms. The van der Waals surface area contributed by atoms with Gasteiger partial charge in [-0.05, 0) is 60.1 Å². The average molecular weight is 533 g/mol. The molecule has 4 rings (SSSR count). The third kappa shape index (κ3) is 7.35. The van der Waals surface area contributed by atoms with Gasteiger partial charge in [0.2, 0.25) is 0 Å². The van der Waals surface area contributed by atoms with Gasteiger partial charge in [-0.3, -0.25) is 9.69 Å². The zero-order valence-electron chi connectivity index (χ0n) is 19.6. The van der Waals surface area contributed by atoms with Gasteiger partial charge in [0.25, 0.3) is 5.91 Å². The SMILES string of the molecule is CN1CCN(Cc2cc(-c3ccc(Cl)c(Cl)c3)ccc2OCC(=O)NCc2cccc(Cl)c2)CC1. The van der Waals surface area contributed by atoms with Crippen LogP contribution in [0.1, 0.15) is 11.1 Å². The monoisotopic (exact) mass is 531 g/mol. The van der Waals surface area contributed by atoms with Crippen LogP contribution in [0.3, 0.4) is 0 Å². The summed E-state index contributed by atoms with van der Waals surface area (Å²) in [6.07, 6.45) is 0. The zero-order chi connectivity index (χ0) is 24.8. The standard InChI is InChI=1S/C27H28Cl3N3O2/c1-32-9-11-33(12-10-32)17-22-14-20(21-5-7-24(29)25(30)15-21)6-8-26(22)35-18-27(34)31-16-19-3-2-4-23(28)13-19/h2-8,13-15H,9-12,16-18H2,1H3,(H,31,34). The fourth-order valence-electron chi connectivity index (χ4n) is 3.99. The Hall–Kier alpha value is -2.28. The number of nitrogens with zero attached hydrogens (tertiary/aromatic N) is 2. The molecule has 1 aliphatic rings. The van der Waals surface area contributed by atoms with Crippen molar-refractivity contribution in [1.29, 1.82) is 0 Å². The lowest BCUT2D eigenvalue weighted by atomic mass is 10.0. The maximum atomic E-state index is 12.5. The molecule has 1 heterocycles. The third-order valence-corrected chi connectivity index (χ3v) is 7.01. The van der Waals surface area contributed by atoms with E-state index in [0.717, 1.165) is 55.0 Å². The van der Waals surface area contributed by atoms with Gasteiger partial charge in [-0.2, -0.15) is 0 Å². The van der Waals surface area contributed by atoms with E-state index in [4.69, 9.17) is 39.5 Å². The van der Waals surface area contributed by atoms with Crippen LogP contribution in [0.25, 0.3) is 11.1 Å². The van der Waals surface area contributed by atoms with Crippen molar-refractivity contribution in [1.82, 2.24) is 15.1 Å². The molecule has 0 atom stereocenters. The van der Waals surface area contributed by atoms with Crippen molar-refractivity contribution in [2.45, 2.75) is 13.1 Å². The summed E-state index contributed by atoms with van der Waals surface area (Å²) in [7, 11) is 2.14. The van der Waals surface area contributed by atoms with Gasteiger partial charge < -0.3 is 15.0 Å². The second kappa shape index (κ2) is 12.1. The molecule has 0 radical (unpaired) electrons.